The zero-order valence-corrected chi connectivity index (χ0v) is 13.1. The first kappa shape index (κ1) is 14.0. The molecule has 2 heterocycles. The fourth-order valence-electron chi connectivity index (χ4n) is 3.22. The SMILES string of the molecule is CCc1ccc(N2C[C@H](c3nc4ccccc4[nH]3)CC2=O)cc1. The Morgan fingerprint density at radius 2 is 1.96 bits per heavy atom. The van der Waals surface area contributed by atoms with Crippen LogP contribution >= 0.6 is 0 Å². The Hall–Kier alpha value is -2.62. The molecule has 0 aliphatic carbocycles. The van der Waals surface area contributed by atoms with Gasteiger partial charge in [-0.3, -0.25) is 4.79 Å². The van der Waals surface area contributed by atoms with Crippen LogP contribution in [-0.2, 0) is 11.2 Å². The van der Waals surface area contributed by atoms with Crippen molar-refractivity contribution in [3.05, 3.63) is 59.9 Å². The minimum atomic E-state index is 0.126. The third-order valence-corrected chi connectivity index (χ3v) is 4.58. The van der Waals surface area contributed by atoms with Crippen molar-refractivity contribution in [1.29, 1.82) is 0 Å². The molecule has 1 saturated heterocycles. The fraction of sp³-hybridized carbons (Fsp3) is 0.263. The van der Waals surface area contributed by atoms with Crippen molar-refractivity contribution in [3.8, 4) is 0 Å². The van der Waals surface area contributed by atoms with E-state index in [9.17, 15) is 4.79 Å². The Morgan fingerprint density at radius 3 is 2.70 bits per heavy atom. The highest BCUT2D eigenvalue weighted by Gasteiger charge is 2.33. The zero-order chi connectivity index (χ0) is 15.8. The summed E-state index contributed by atoms with van der Waals surface area (Å²) in [5.74, 6) is 1.20. The van der Waals surface area contributed by atoms with Crippen LogP contribution in [-0.4, -0.2) is 22.4 Å². The Kier molecular flexibility index (Phi) is 3.37. The van der Waals surface area contributed by atoms with Crippen molar-refractivity contribution in [2.75, 3.05) is 11.4 Å². The van der Waals surface area contributed by atoms with Crippen molar-refractivity contribution < 1.29 is 4.79 Å². The third-order valence-electron chi connectivity index (χ3n) is 4.58. The third kappa shape index (κ3) is 2.50. The summed E-state index contributed by atoms with van der Waals surface area (Å²) in [6.07, 6.45) is 1.52. The molecule has 1 fully saturated rings. The van der Waals surface area contributed by atoms with E-state index in [0.717, 1.165) is 29.0 Å². The van der Waals surface area contributed by atoms with Crippen molar-refractivity contribution in [2.24, 2.45) is 0 Å². The monoisotopic (exact) mass is 305 g/mol. The van der Waals surface area contributed by atoms with E-state index in [1.807, 2.05) is 41.3 Å². The molecule has 116 valence electrons. The normalized spacial score (nSPS) is 18.0. The average Bonchev–Trinajstić information content (AvgIpc) is 3.18. The van der Waals surface area contributed by atoms with E-state index < -0.39 is 0 Å². The summed E-state index contributed by atoms with van der Waals surface area (Å²) in [4.78, 5) is 22.3. The van der Waals surface area contributed by atoms with Gasteiger partial charge in [-0.25, -0.2) is 4.98 Å². The van der Waals surface area contributed by atoms with E-state index in [4.69, 9.17) is 0 Å². The number of H-pyrrole nitrogens is 1. The van der Waals surface area contributed by atoms with Crippen molar-refractivity contribution in [2.45, 2.75) is 25.7 Å². The van der Waals surface area contributed by atoms with Gasteiger partial charge in [0.2, 0.25) is 5.91 Å². The minimum absolute atomic E-state index is 0.126. The number of aromatic amines is 1. The van der Waals surface area contributed by atoms with Gasteiger partial charge in [0.15, 0.2) is 0 Å². The summed E-state index contributed by atoms with van der Waals surface area (Å²) < 4.78 is 0. The van der Waals surface area contributed by atoms with Crippen LogP contribution in [0, 0.1) is 0 Å². The number of aryl methyl sites for hydroxylation is 1. The molecule has 0 unspecified atom stereocenters. The number of benzene rings is 2. The molecule has 23 heavy (non-hydrogen) atoms. The van der Waals surface area contributed by atoms with Gasteiger partial charge < -0.3 is 9.88 Å². The maximum atomic E-state index is 12.4. The lowest BCUT2D eigenvalue weighted by Crippen LogP contribution is -2.24. The molecule has 3 aromatic rings. The molecule has 4 nitrogen and oxygen atoms in total. The largest absolute Gasteiger partial charge is 0.342 e. The second kappa shape index (κ2) is 5.54. The van der Waals surface area contributed by atoms with Gasteiger partial charge in [-0.1, -0.05) is 31.2 Å². The molecule has 0 saturated carbocycles. The van der Waals surface area contributed by atoms with E-state index in [2.05, 4.69) is 29.0 Å². The molecule has 1 amide bonds. The maximum Gasteiger partial charge on any atom is 0.227 e. The molecular weight excluding hydrogens is 286 g/mol. The number of hydrogen-bond acceptors (Lipinski definition) is 2. The summed E-state index contributed by atoms with van der Waals surface area (Å²) in [5.41, 5.74) is 4.25. The van der Waals surface area contributed by atoms with Gasteiger partial charge >= 0.3 is 0 Å². The highest BCUT2D eigenvalue weighted by molar-refractivity contribution is 5.96. The summed E-state index contributed by atoms with van der Waals surface area (Å²) in [7, 11) is 0. The summed E-state index contributed by atoms with van der Waals surface area (Å²) in [6, 6.07) is 16.3. The number of aromatic nitrogens is 2. The lowest BCUT2D eigenvalue weighted by atomic mass is 10.1. The number of fused-ring (bicyclic) bond motifs is 1. The van der Waals surface area contributed by atoms with Crippen LogP contribution in [0.5, 0.6) is 0 Å². The molecule has 0 spiro atoms. The number of nitrogens with zero attached hydrogens (tertiary/aromatic N) is 2. The molecule has 4 rings (SSSR count). The van der Waals surface area contributed by atoms with Crippen LogP contribution < -0.4 is 4.90 Å². The standard InChI is InChI=1S/C19H19N3O/c1-2-13-7-9-15(10-8-13)22-12-14(11-18(22)23)19-20-16-5-3-4-6-17(16)21-19/h3-10,14H,2,11-12H2,1H3,(H,20,21)/t14-/m1/s1. The van der Waals surface area contributed by atoms with Gasteiger partial charge in [0.1, 0.15) is 5.82 Å². The lowest BCUT2D eigenvalue weighted by molar-refractivity contribution is -0.117. The smallest absolute Gasteiger partial charge is 0.227 e. The van der Waals surface area contributed by atoms with Crippen LogP contribution in [0.3, 0.4) is 0 Å². The molecular formula is C19H19N3O. The summed E-state index contributed by atoms with van der Waals surface area (Å²) in [5, 5.41) is 0. The van der Waals surface area contributed by atoms with Crippen molar-refractivity contribution in [1.82, 2.24) is 9.97 Å². The Bertz CT molecular complexity index is 817. The highest BCUT2D eigenvalue weighted by Crippen LogP contribution is 2.31. The zero-order valence-electron chi connectivity index (χ0n) is 13.1. The second-order valence-corrected chi connectivity index (χ2v) is 6.06. The molecule has 2 aromatic carbocycles. The number of anilines is 1. The van der Waals surface area contributed by atoms with E-state index in [-0.39, 0.29) is 11.8 Å². The van der Waals surface area contributed by atoms with Gasteiger partial charge in [0, 0.05) is 24.6 Å². The predicted octanol–water partition coefficient (Wildman–Crippen LogP) is 3.65. The van der Waals surface area contributed by atoms with Crippen molar-refractivity contribution >= 4 is 22.6 Å². The first-order valence-corrected chi connectivity index (χ1v) is 8.08. The number of rotatable bonds is 3. The molecule has 1 N–H and O–H groups in total. The van der Waals surface area contributed by atoms with Crippen molar-refractivity contribution in [3.63, 3.8) is 0 Å². The van der Waals surface area contributed by atoms with Gasteiger partial charge in [0.25, 0.3) is 0 Å². The van der Waals surface area contributed by atoms with Crippen LogP contribution in [0.2, 0.25) is 0 Å². The Morgan fingerprint density at radius 1 is 1.17 bits per heavy atom. The van der Waals surface area contributed by atoms with Crippen LogP contribution in [0.15, 0.2) is 48.5 Å². The quantitative estimate of drug-likeness (QED) is 0.803. The Labute approximate surface area is 135 Å². The Balaban J connectivity index is 1.59. The molecule has 0 bridgehead atoms. The number of amides is 1. The van der Waals surface area contributed by atoms with E-state index >= 15 is 0 Å². The van der Waals surface area contributed by atoms with E-state index in [0.29, 0.717) is 13.0 Å². The van der Waals surface area contributed by atoms with Gasteiger partial charge in [-0.05, 0) is 36.2 Å². The number of nitrogens with one attached hydrogen (secondary N) is 1. The number of hydrogen-bond donors (Lipinski definition) is 1. The van der Waals surface area contributed by atoms with Crippen LogP contribution in [0.25, 0.3) is 11.0 Å². The summed E-state index contributed by atoms with van der Waals surface area (Å²) >= 11 is 0. The van der Waals surface area contributed by atoms with Crippen LogP contribution in [0.4, 0.5) is 5.69 Å². The van der Waals surface area contributed by atoms with E-state index in [1.165, 1.54) is 5.56 Å². The topological polar surface area (TPSA) is 49.0 Å². The molecule has 1 aliphatic rings. The maximum absolute atomic E-state index is 12.4. The average molecular weight is 305 g/mol. The molecule has 4 heteroatoms. The molecule has 1 aromatic heterocycles. The molecule has 0 radical (unpaired) electrons. The van der Waals surface area contributed by atoms with Gasteiger partial charge in [0.05, 0.1) is 11.0 Å². The second-order valence-electron chi connectivity index (χ2n) is 6.06. The first-order chi connectivity index (χ1) is 11.2. The molecule has 1 aliphatic heterocycles. The van der Waals surface area contributed by atoms with Gasteiger partial charge in [-0.15, -0.1) is 0 Å². The van der Waals surface area contributed by atoms with Crippen LogP contribution in [0.1, 0.15) is 30.7 Å². The summed E-state index contributed by atoms with van der Waals surface area (Å²) in [6.45, 7) is 2.82. The minimum Gasteiger partial charge on any atom is -0.342 e. The lowest BCUT2D eigenvalue weighted by Gasteiger charge is -2.16. The highest BCUT2D eigenvalue weighted by atomic mass is 16.2. The number of carbonyl (C=O) groups is 1. The predicted molar refractivity (Wildman–Crippen MR) is 91.6 cm³/mol. The number of carbonyl (C=O) groups excluding carboxylic acids is 1. The van der Waals surface area contributed by atoms with Gasteiger partial charge in [-0.2, -0.15) is 0 Å². The first-order valence-electron chi connectivity index (χ1n) is 8.08. The fourth-order valence-corrected chi connectivity index (χ4v) is 3.22. The van der Waals surface area contributed by atoms with E-state index in [1.54, 1.807) is 0 Å². The molecule has 1 atom stereocenters. The number of imidazole rings is 1. The number of para-hydroxylation sites is 2.